The number of halogens is 1. The van der Waals surface area contributed by atoms with E-state index in [1.54, 1.807) is 24.6 Å². The lowest BCUT2D eigenvalue weighted by atomic mass is 9.95. The van der Waals surface area contributed by atoms with Crippen LogP contribution in [0.25, 0.3) is 12.2 Å². The van der Waals surface area contributed by atoms with Crippen molar-refractivity contribution in [2.75, 3.05) is 7.05 Å². The fourth-order valence-electron chi connectivity index (χ4n) is 3.62. The van der Waals surface area contributed by atoms with E-state index in [1.165, 1.54) is 30.5 Å². The molecular weight excluding hydrogens is 457 g/mol. The van der Waals surface area contributed by atoms with Gasteiger partial charge in [0.15, 0.2) is 0 Å². The van der Waals surface area contributed by atoms with Gasteiger partial charge in [0, 0.05) is 28.8 Å². The summed E-state index contributed by atoms with van der Waals surface area (Å²) in [6.45, 7) is 1.70. The number of nitrogens with one attached hydrogen (secondary N) is 1. The third kappa shape index (κ3) is 3.99. The fraction of sp³-hybridized carbons (Fsp3) is 0.238. The highest BCUT2D eigenvalue weighted by Gasteiger charge is 2.26. The SMILES string of the molecule is CNS(=O)(=O)c1cccc(C(N)c2c(C)c3c(oc2=O)=CC(Oc2nccs2)CC=3)c1F. The zero-order valence-electron chi connectivity index (χ0n) is 17.2. The Kier molecular flexibility index (Phi) is 5.99. The van der Waals surface area contributed by atoms with Gasteiger partial charge in [0.1, 0.15) is 22.2 Å². The van der Waals surface area contributed by atoms with Gasteiger partial charge in [-0.25, -0.2) is 27.3 Å². The summed E-state index contributed by atoms with van der Waals surface area (Å²) < 4.78 is 52.6. The summed E-state index contributed by atoms with van der Waals surface area (Å²) in [7, 11) is -2.86. The molecule has 0 spiro atoms. The van der Waals surface area contributed by atoms with E-state index in [2.05, 4.69) is 9.71 Å². The molecule has 0 aliphatic heterocycles. The number of ether oxygens (including phenoxy) is 1. The second kappa shape index (κ2) is 8.58. The van der Waals surface area contributed by atoms with Crippen LogP contribution in [-0.4, -0.2) is 26.6 Å². The zero-order valence-corrected chi connectivity index (χ0v) is 18.8. The topological polar surface area (TPSA) is 125 Å². The van der Waals surface area contributed by atoms with E-state index in [-0.39, 0.29) is 17.2 Å². The van der Waals surface area contributed by atoms with Crippen LogP contribution in [0.3, 0.4) is 0 Å². The second-order valence-corrected chi connectivity index (χ2v) is 9.82. The molecular formula is C21H20FN3O5S2. The Balaban J connectivity index is 1.77. The molecule has 1 aliphatic rings. The van der Waals surface area contributed by atoms with Crippen LogP contribution in [0.5, 0.6) is 5.19 Å². The predicted molar refractivity (Wildman–Crippen MR) is 118 cm³/mol. The van der Waals surface area contributed by atoms with Crippen LogP contribution in [0.15, 0.2) is 43.9 Å². The summed E-state index contributed by atoms with van der Waals surface area (Å²) in [5, 5.41) is 2.96. The predicted octanol–water partition coefficient (Wildman–Crippen LogP) is 0.912. The average Bonchev–Trinajstić information content (AvgIpc) is 3.26. The van der Waals surface area contributed by atoms with Crippen molar-refractivity contribution in [1.82, 2.24) is 9.71 Å². The first-order valence-corrected chi connectivity index (χ1v) is 12.0. The van der Waals surface area contributed by atoms with Crippen LogP contribution in [0.2, 0.25) is 0 Å². The van der Waals surface area contributed by atoms with Crippen molar-refractivity contribution in [3.05, 3.63) is 73.3 Å². The van der Waals surface area contributed by atoms with Crippen LogP contribution in [-0.2, 0) is 10.0 Å². The number of fused-ring (bicyclic) bond motifs is 1. The van der Waals surface area contributed by atoms with Crippen molar-refractivity contribution in [2.45, 2.75) is 30.4 Å². The minimum atomic E-state index is -4.04. The lowest BCUT2D eigenvalue weighted by molar-refractivity contribution is 0.265. The van der Waals surface area contributed by atoms with Gasteiger partial charge in [-0.1, -0.05) is 29.5 Å². The van der Waals surface area contributed by atoms with Gasteiger partial charge in [0.25, 0.3) is 5.19 Å². The van der Waals surface area contributed by atoms with Crippen LogP contribution >= 0.6 is 11.3 Å². The number of hydrogen-bond acceptors (Lipinski definition) is 8. The minimum Gasteiger partial charge on any atom is -0.462 e. The molecule has 0 saturated carbocycles. The van der Waals surface area contributed by atoms with Crippen LogP contribution in [0.1, 0.15) is 29.2 Å². The molecule has 0 amide bonds. The molecule has 8 nitrogen and oxygen atoms in total. The first kappa shape index (κ1) is 22.3. The molecule has 11 heteroatoms. The lowest BCUT2D eigenvalue weighted by Gasteiger charge is -2.18. The Morgan fingerprint density at radius 3 is 2.88 bits per heavy atom. The standard InChI is InChI=1S/C21H20FN3O5S2/c1-11-13-7-6-12(29-21-25-8-9-31-21)10-15(13)30-20(26)17(11)19(23)14-4-3-5-16(18(14)22)32(27,28)24-2/h3-5,7-10,12,19,24H,6,23H2,1-2H3. The molecule has 32 heavy (non-hydrogen) atoms. The van der Waals surface area contributed by atoms with Crippen molar-refractivity contribution in [3.63, 3.8) is 0 Å². The Hall–Kier alpha value is -2.86. The van der Waals surface area contributed by atoms with Crippen LogP contribution in [0, 0.1) is 12.7 Å². The van der Waals surface area contributed by atoms with E-state index in [0.717, 1.165) is 6.07 Å². The molecule has 1 aromatic carbocycles. The van der Waals surface area contributed by atoms with Crippen molar-refractivity contribution < 1.29 is 22.0 Å². The molecule has 3 aromatic rings. The average molecular weight is 478 g/mol. The van der Waals surface area contributed by atoms with E-state index in [9.17, 15) is 13.2 Å². The number of hydrogen-bond donors (Lipinski definition) is 2. The second-order valence-electron chi connectivity index (χ2n) is 7.11. The van der Waals surface area contributed by atoms with E-state index in [1.807, 2.05) is 6.08 Å². The largest absolute Gasteiger partial charge is 0.462 e. The number of thiazole rings is 1. The molecule has 2 atom stereocenters. The maximum Gasteiger partial charge on any atom is 0.341 e. The van der Waals surface area contributed by atoms with Gasteiger partial charge in [-0.15, -0.1) is 0 Å². The number of sulfonamides is 1. The summed E-state index contributed by atoms with van der Waals surface area (Å²) in [4.78, 5) is 16.4. The monoisotopic (exact) mass is 477 g/mol. The summed E-state index contributed by atoms with van der Waals surface area (Å²) in [6.07, 6.45) is 5.35. The van der Waals surface area contributed by atoms with Gasteiger partial charge >= 0.3 is 5.63 Å². The molecule has 1 aliphatic carbocycles. The maximum atomic E-state index is 15.1. The van der Waals surface area contributed by atoms with Gasteiger partial charge in [-0.05, 0) is 31.7 Å². The quantitative estimate of drug-likeness (QED) is 0.541. The summed E-state index contributed by atoms with van der Waals surface area (Å²) >= 11 is 1.35. The summed E-state index contributed by atoms with van der Waals surface area (Å²) in [5.41, 5.74) is 6.33. The lowest BCUT2D eigenvalue weighted by Crippen LogP contribution is -2.40. The number of nitrogens with zero attached hydrogens (tertiary/aromatic N) is 1. The minimum absolute atomic E-state index is 0.0607. The van der Waals surface area contributed by atoms with E-state index in [4.69, 9.17) is 14.9 Å². The third-order valence-corrected chi connectivity index (χ3v) is 7.34. The van der Waals surface area contributed by atoms with Crippen molar-refractivity contribution >= 4 is 33.5 Å². The van der Waals surface area contributed by atoms with Crippen molar-refractivity contribution in [3.8, 4) is 5.19 Å². The highest BCUT2D eigenvalue weighted by atomic mass is 32.2. The van der Waals surface area contributed by atoms with Gasteiger partial charge in [-0.2, -0.15) is 0 Å². The van der Waals surface area contributed by atoms with E-state index >= 15 is 4.39 Å². The molecule has 168 valence electrons. The number of benzene rings is 1. The van der Waals surface area contributed by atoms with E-state index < -0.39 is 32.4 Å². The highest BCUT2D eigenvalue weighted by Crippen LogP contribution is 2.26. The fourth-order valence-corrected chi connectivity index (χ4v) is 4.99. The molecule has 4 rings (SSSR count). The maximum absolute atomic E-state index is 15.1. The number of rotatable bonds is 6. The number of aromatic nitrogens is 1. The van der Waals surface area contributed by atoms with Crippen LogP contribution < -0.4 is 31.5 Å². The molecule has 0 radical (unpaired) electrons. The normalized spacial score (nSPS) is 16.6. The Labute approximate surface area is 186 Å². The number of nitrogens with two attached hydrogens (primary N) is 1. The summed E-state index contributed by atoms with van der Waals surface area (Å²) in [6, 6.07) is 2.63. The van der Waals surface area contributed by atoms with Crippen LogP contribution in [0.4, 0.5) is 4.39 Å². The molecule has 2 aromatic heterocycles. The molecule has 2 heterocycles. The molecule has 0 fully saturated rings. The van der Waals surface area contributed by atoms with Gasteiger partial charge in [0.05, 0.1) is 11.6 Å². The molecule has 0 saturated heterocycles. The zero-order chi connectivity index (χ0) is 23.0. The first-order chi connectivity index (χ1) is 15.2. The van der Waals surface area contributed by atoms with Gasteiger partial charge in [0.2, 0.25) is 10.0 Å². The van der Waals surface area contributed by atoms with Crippen molar-refractivity contribution in [2.24, 2.45) is 5.73 Å². The van der Waals surface area contributed by atoms with Gasteiger partial charge < -0.3 is 14.9 Å². The molecule has 3 N–H and O–H groups in total. The van der Waals surface area contributed by atoms with Gasteiger partial charge in [-0.3, -0.25) is 0 Å². The molecule has 2 unspecified atom stereocenters. The van der Waals surface area contributed by atoms with Crippen molar-refractivity contribution in [1.29, 1.82) is 0 Å². The Morgan fingerprint density at radius 1 is 1.41 bits per heavy atom. The Bertz CT molecular complexity index is 1450. The molecule has 0 bridgehead atoms. The Morgan fingerprint density at radius 2 is 2.19 bits per heavy atom. The van der Waals surface area contributed by atoms with E-state index in [0.29, 0.717) is 27.8 Å². The smallest absolute Gasteiger partial charge is 0.341 e. The third-order valence-electron chi connectivity index (χ3n) is 5.25. The highest BCUT2D eigenvalue weighted by molar-refractivity contribution is 7.89. The summed E-state index contributed by atoms with van der Waals surface area (Å²) in [5.74, 6) is -1.02. The first-order valence-electron chi connectivity index (χ1n) is 9.62.